The number of benzene rings is 2. The number of carboxylic acid groups (broad SMARTS) is 1. The van der Waals surface area contributed by atoms with Crippen molar-refractivity contribution in [2.45, 2.75) is 40.0 Å². The Labute approximate surface area is 166 Å². The minimum absolute atomic E-state index is 0.522. The van der Waals surface area contributed by atoms with Crippen LogP contribution in [0, 0.1) is 12.3 Å². The summed E-state index contributed by atoms with van der Waals surface area (Å²) >= 11 is 0. The predicted octanol–water partition coefficient (Wildman–Crippen LogP) is 5.87. The van der Waals surface area contributed by atoms with Crippen molar-refractivity contribution in [3.63, 3.8) is 0 Å². The van der Waals surface area contributed by atoms with Gasteiger partial charge >= 0.3 is 5.97 Å². The average Bonchev–Trinajstić information content (AvgIpc) is 2.67. The molecule has 0 fully saturated rings. The lowest BCUT2D eigenvalue weighted by atomic mass is 9.87. The van der Waals surface area contributed by atoms with Crippen LogP contribution in [0.25, 0.3) is 22.0 Å². The number of unbranched alkanes of at least 4 members (excludes halogenated alkanes) is 1. The molecule has 146 valence electrons. The van der Waals surface area contributed by atoms with Crippen LogP contribution >= 0.6 is 0 Å². The lowest BCUT2D eigenvalue weighted by Gasteiger charge is -2.18. The highest BCUT2D eigenvalue weighted by Gasteiger charge is 2.26. The normalized spacial score (nSPS) is 11.5. The molecule has 0 saturated carbocycles. The van der Waals surface area contributed by atoms with Gasteiger partial charge in [-0.1, -0.05) is 48.0 Å². The molecule has 3 aromatic rings. The number of aromatic nitrogens is 1. The molecule has 0 unspecified atom stereocenters. The van der Waals surface area contributed by atoms with Crippen LogP contribution < -0.4 is 4.74 Å². The first kappa shape index (κ1) is 19.9. The topological polar surface area (TPSA) is 59.4 Å². The van der Waals surface area contributed by atoms with E-state index in [0.29, 0.717) is 18.9 Å². The van der Waals surface area contributed by atoms with Crippen molar-refractivity contribution in [3.8, 4) is 17.0 Å². The summed E-state index contributed by atoms with van der Waals surface area (Å²) in [5.41, 5.74) is 3.67. The van der Waals surface area contributed by atoms with Crippen LogP contribution in [0.5, 0.6) is 5.88 Å². The van der Waals surface area contributed by atoms with E-state index in [1.165, 1.54) is 5.56 Å². The van der Waals surface area contributed by atoms with E-state index in [1.807, 2.05) is 24.3 Å². The average molecular weight is 377 g/mol. The number of pyridine rings is 1. The maximum Gasteiger partial charge on any atom is 0.309 e. The largest absolute Gasteiger partial charge is 0.481 e. The zero-order valence-corrected chi connectivity index (χ0v) is 16.7. The summed E-state index contributed by atoms with van der Waals surface area (Å²) in [5.74, 6) is -0.153. The first-order chi connectivity index (χ1) is 13.4. The Balaban J connectivity index is 1.75. The van der Waals surface area contributed by atoms with Gasteiger partial charge in [0.1, 0.15) is 0 Å². The quantitative estimate of drug-likeness (QED) is 0.499. The zero-order valence-electron chi connectivity index (χ0n) is 16.7. The summed E-state index contributed by atoms with van der Waals surface area (Å²) in [7, 11) is 0. The fourth-order valence-corrected chi connectivity index (χ4v) is 3.23. The number of fused-ring (bicyclic) bond motifs is 1. The Morgan fingerprint density at radius 3 is 2.61 bits per heavy atom. The van der Waals surface area contributed by atoms with Crippen LogP contribution in [-0.4, -0.2) is 22.7 Å². The Kier molecular flexibility index (Phi) is 5.98. The zero-order chi connectivity index (χ0) is 20.1. The number of hydrogen-bond acceptors (Lipinski definition) is 3. The molecule has 0 aliphatic carbocycles. The number of nitrogens with zero attached hydrogens (tertiary/aromatic N) is 1. The Morgan fingerprint density at radius 2 is 1.86 bits per heavy atom. The third-order valence-electron chi connectivity index (χ3n) is 5.05. The van der Waals surface area contributed by atoms with Crippen molar-refractivity contribution in [1.29, 1.82) is 0 Å². The van der Waals surface area contributed by atoms with Crippen molar-refractivity contribution in [2.75, 3.05) is 6.61 Å². The molecule has 0 amide bonds. The summed E-state index contributed by atoms with van der Waals surface area (Å²) in [4.78, 5) is 15.8. The first-order valence-electron chi connectivity index (χ1n) is 9.70. The van der Waals surface area contributed by atoms with Gasteiger partial charge in [-0.2, -0.15) is 0 Å². The second-order valence-electron chi connectivity index (χ2n) is 7.89. The molecule has 0 radical (unpaired) electrons. The summed E-state index contributed by atoms with van der Waals surface area (Å²) in [6, 6.07) is 18.5. The molecule has 1 N–H and O–H groups in total. The number of aryl methyl sites for hydroxylation is 1. The van der Waals surface area contributed by atoms with E-state index >= 15 is 0 Å². The molecular weight excluding hydrogens is 350 g/mol. The van der Waals surface area contributed by atoms with Crippen molar-refractivity contribution >= 4 is 16.9 Å². The van der Waals surface area contributed by atoms with Gasteiger partial charge in [0.05, 0.1) is 17.5 Å². The van der Waals surface area contributed by atoms with E-state index in [9.17, 15) is 9.90 Å². The standard InChI is InChI=1S/C24H27NO3/c1-17-9-8-10-18(15-17)20-16-22(25-21-12-5-4-11-19(20)21)28-14-7-6-13-24(2,3)23(26)27/h4-5,8-12,15-16H,6-7,13-14H2,1-3H3,(H,26,27). The van der Waals surface area contributed by atoms with E-state index in [-0.39, 0.29) is 0 Å². The molecule has 3 rings (SSSR count). The molecular formula is C24H27NO3. The lowest BCUT2D eigenvalue weighted by molar-refractivity contribution is -0.147. The maximum absolute atomic E-state index is 11.2. The summed E-state index contributed by atoms with van der Waals surface area (Å²) in [6.07, 6.45) is 2.23. The van der Waals surface area contributed by atoms with Gasteiger partial charge in [-0.25, -0.2) is 4.98 Å². The number of carbonyl (C=O) groups is 1. The second kappa shape index (κ2) is 8.42. The van der Waals surface area contributed by atoms with Gasteiger partial charge in [-0.3, -0.25) is 4.79 Å². The van der Waals surface area contributed by atoms with Gasteiger partial charge in [0.15, 0.2) is 0 Å². The summed E-state index contributed by atoms with van der Waals surface area (Å²) in [6.45, 7) is 6.13. The van der Waals surface area contributed by atoms with Crippen molar-refractivity contribution in [2.24, 2.45) is 5.41 Å². The van der Waals surface area contributed by atoms with Gasteiger partial charge in [-0.15, -0.1) is 0 Å². The van der Waals surface area contributed by atoms with Crippen LogP contribution in [0.2, 0.25) is 0 Å². The smallest absolute Gasteiger partial charge is 0.309 e. The molecule has 2 aromatic carbocycles. The van der Waals surface area contributed by atoms with Gasteiger partial charge in [-0.05, 0) is 57.2 Å². The Bertz CT molecular complexity index is 979. The van der Waals surface area contributed by atoms with E-state index in [4.69, 9.17) is 4.74 Å². The second-order valence-corrected chi connectivity index (χ2v) is 7.89. The van der Waals surface area contributed by atoms with E-state index in [1.54, 1.807) is 13.8 Å². The third-order valence-corrected chi connectivity index (χ3v) is 5.05. The molecule has 1 aromatic heterocycles. The number of para-hydroxylation sites is 1. The van der Waals surface area contributed by atoms with Crippen LogP contribution in [-0.2, 0) is 4.79 Å². The maximum atomic E-state index is 11.2. The van der Waals surface area contributed by atoms with Gasteiger partial charge in [0, 0.05) is 11.5 Å². The SMILES string of the molecule is Cc1cccc(-c2cc(OCCCCC(C)(C)C(=O)O)nc3ccccc23)c1. The number of hydrogen-bond donors (Lipinski definition) is 1. The van der Waals surface area contributed by atoms with Gasteiger partial charge in [0.2, 0.25) is 5.88 Å². The molecule has 0 aliphatic heterocycles. The number of carboxylic acids is 1. The van der Waals surface area contributed by atoms with Crippen molar-refractivity contribution in [3.05, 3.63) is 60.2 Å². The van der Waals surface area contributed by atoms with E-state index in [0.717, 1.165) is 34.9 Å². The highest BCUT2D eigenvalue weighted by atomic mass is 16.5. The van der Waals surface area contributed by atoms with E-state index < -0.39 is 11.4 Å². The number of rotatable bonds is 8. The Morgan fingerprint density at radius 1 is 1.07 bits per heavy atom. The fraction of sp³-hybridized carbons (Fsp3) is 0.333. The number of aliphatic carboxylic acids is 1. The molecule has 28 heavy (non-hydrogen) atoms. The molecule has 0 saturated heterocycles. The highest BCUT2D eigenvalue weighted by Crippen LogP contribution is 2.31. The van der Waals surface area contributed by atoms with Gasteiger partial charge in [0.25, 0.3) is 0 Å². The van der Waals surface area contributed by atoms with Gasteiger partial charge < -0.3 is 9.84 Å². The first-order valence-corrected chi connectivity index (χ1v) is 9.70. The molecule has 0 spiro atoms. The highest BCUT2D eigenvalue weighted by molar-refractivity contribution is 5.95. The van der Waals surface area contributed by atoms with Crippen molar-refractivity contribution < 1.29 is 14.6 Å². The van der Waals surface area contributed by atoms with E-state index in [2.05, 4.69) is 42.2 Å². The minimum atomic E-state index is -0.757. The predicted molar refractivity (Wildman–Crippen MR) is 113 cm³/mol. The summed E-state index contributed by atoms with van der Waals surface area (Å²) in [5, 5.41) is 10.3. The molecule has 4 nitrogen and oxygen atoms in total. The van der Waals surface area contributed by atoms with Crippen LogP contribution in [0.3, 0.4) is 0 Å². The molecule has 0 bridgehead atoms. The monoisotopic (exact) mass is 377 g/mol. The lowest BCUT2D eigenvalue weighted by Crippen LogP contribution is -2.23. The summed E-state index contributed by atoms with van der Waals surface area (Å²) < 4.78 is 5.92. The molecule has 4 heteroatoms. The Hall–Kier alpha value is -2.88. The molecule has 1 heterocycles. The van der Waals surface area contributed by atoms with Crippen LogP contribution in [0.15, 0.2) is 54.6 Å². The number of ether oxygens (including phenoxy) is 1. The molecule has 0 atom stereocenters. The minimum Gasteiger partial charge on any atom is -0.481 e. The van der Waals surface area contributed by atoms with Crippen LogP contribution in [0.4, 0.5) is 0 Å². The fourth-order valence-electron chi connectivity index (χ4n) is 3.23. The third kappa shape index (κ3) is 4.69. The van der Waals surface area contributed by atoms with Crippen molar-refractivity contribution in [1.82, 2.24) is 4.98 Å². The molecule has 0 aliphatic rings. The van der Waals surface area contributed by atoms with Crippen LogP contribution in [0.1, 0.15) is 38.7 Å².